The smallest absolute Gasteiger partial charge is 0.0636 e. The maximum absolute atomic E-state index is 6.19. The van der Waals surface area contributed by atoms with Crippen molar-refractivity contribution in [2.45, 2.75) is 37.4 Å². The first-order valence-corrected chi connectivity index (χ1v) is 6.42. The van der Waals surface area contributed by atoms with Crippen molar-refractivity contribution in [1.82, 2.24) is 9.80 Å². The van der Waals surface area contributed by atoms with E-state index >= 15 is 0 Å². The van der Waals surface area contributed by atoms with Crippen LogP contribution < -0.4 is 5.73 Å². The summed E-state index contributed by atoms with van der Waals surface area (Å²) >= 11 is 0. The van der Waals surface area contributed by atoms with Crippen molar-refractivity contribution in [2.24, 2.45) is 5.73 Å². The van der Waals surface area contributed by atoms with Crippen LogP contribution in [0.2, 0.25) is 0 Å². The van der Waals surface area contributed by atoms with Gasteiger partial charge < -0.3 is 15.4 Å². The number of hydrogen-bond donors (Lipinski definition) is 1. The van der Waals surface area contributed by atoms with Crippen LogP contribution in [0.15, 0.2) is 0 Å². The molecule has 2 aliphatic rings. The molecule has 0 bridgehead atoms. The molecule has 0 aliphatic carbocycles. The van der Waals surface area contributed by atoms with Crippen LogP contribution >= 0.6 is 0 Å². The Kier molecular flexibility index (Phi) is 4.19. The molecule has 4 nitrogen and oxygen atoms in total. The Balaban J connectivity index is 1.91. The molecule has 4 heteroatoms. The van der Waals surface area contributed by atoms with Gasteiger partial charge in [0.15, 0.2) is 0 Å². The lowest BCUT2D eigenvalue weighted by Crippen LogP contribution is -2.58. The third-order valence-electron chi connectivity index (χ3n) is 4.08. The average molecular weight is 227 g/mol. The third kappa shape index (κ3) is 2.74. The Morgan fingerprint density at radius 3 is 2.88 bits per heavy atom. The Morgan fingerprint density at radius 2 is 2.19 bits per heavy atom. The zero-order valence-electron chi connectivity index (χ0n) is 10.6. The molecular weight excluding hydrogens is 202 g/mol. The van der Waals surface area contributed by atoms with Gasteiger partial charge in [0, 0.05) is 31.3 Å². The maximum atomic E-state index is 6.19. The fraction of sp³-hybridized carbons (Fsp3) is 1.00. The lowest BCUT2D eigenvalue weighted by Gasteiger charge is -2.43. The number of rotatable bonds is 2. The van der Waals surface area contributed by atoms with Crippen LogP contribution in [0.5, 0.6) is 0 Å². The highest BCUT2D eigenvalue weighted by molar-refractivity contribution is 4.89. The van der Waals surface area contributed by atoms with E-state index in [0.29, 0.717) is 12.1 Å². The van der Waals surface area contributed by atoms with Crippen molar-refractivity contribution < 1.29 is 4.74 Å². The van der Waals surface area contributed by atoms with Gasteiger partial charge in [-0.1, -0.05) is 0 Å². The molecule has 94 valence electrons. The molecule has 0 radical (unpaired) electrons. The summed E-state index contributed by atoms with van der Waals surface area (Å²) < 4.78 is 5.56. The molecule has 2 saturated heterocycles. The minimum Gasteiger partial charge on any atom is -0.380 e. The molecule has 0 saturated carbocycles. The second kappa shape index (κ2) is 5.45. The maximum Gasteiger partial charge on any atom is 0.0636 e. The summed E-state index contributed by atoms with van der Waals surface area (Å²) in [4.78, 5) is 4.87. The van der Waals surface area contributed by atoms with E-state index in [-0.39, 0.29) is 6.04 Å². The second-order valence-corrected chi connectivity index (χ2v) is 5.32. The van der Waals surface area contributed by atoms with Crippen molar-refractivity contribution in [3.05, 3.63) is 0 Å². The van der Waals surface area contributed by atoms with Crippen LogP contribution in [0.4, 0.5) is 0 Å². The van der Waals surface area contributed by atoms with E-state index in [4.69, 9.17) is 10.5 Å². The SMILES string of the molecule is CN1CCCC(N(C)C2COCCC2N)C1. The van der Waals surface area contributed by atoms with Gasteiger partial charge in [-0.2, -0.15) is 0 Å². The number of ether oxygens (including phenoxy) is 1. The topological polar surface area (TPSA) is 41.7 Å². The van der Waals surface area contributed by atoms with Gasteiger partial charge in [-0.15, -0.1) is 0 Å². The fourth-order valence-electron chi connectivity index (χ4n) is 2.90. The molecule has 0 aromatic rings. The molecule has 2 aliphatic heterocycles. The van der Waals surface area contributed by atoms with Crippen molar-refractivity contribution in [3.63, 3.8) is 0 Å². The molecule has 0 spiro atoms. The van der Waals surface area contributed by atoms with E-state index in [1.54, 1.807) is 0 Å². The number of likely N-dealkylation sites (tertiary alicyclic amines) is 1. The number of likely N-dealkylation sites (N-methyl/N-ethyl adjacent to an activating group) is 2. The van der Waals surface area contributed by atoms with Crippen molar-refractivity contribution >= 4 is 0 Å². The van der Waals surface area contributed by atoms with Gasteiger partial charge in [-0.05, 0) is 39.9 Å². The summed E-state index contributed by atoms with van der Waals surface area (Å²) in [7, 11) is 4.42. The minimum absolute atomic E-state index is 0.283. The quantitative estimate of drug-likeness (QED) is 0.728. The van der Waals surface area contributed by atoms with Crippen LogP contribution in [0.3, 0.4) is 0 Å². The van der Waals surface area contributed by atoms with Gasteiger partial charge >= 0.3 is 0 Å². The number of nitrogens with two attached hydrogens (primary N) is 1. The lowest BCUT2D eigenvalue weighted by atomic mass is 9.98. The van der Waals surface area contributed by atoms with E-state index < -0.39 is 0 Å². The second-order valence-electron chi connectivity index (χ2n) is 5.32. The van der Waals surface area contributed by atoms with Gasteiger partial charge in [-0.3, -0.25) is 4.90 Å². The van der Waals surface area contributed by atoms with E-state index in [2.05, 4.69) is 23.9 Å². The summed E-state index contributed by atoms with van der Waals surface area (Å²) in [6.07, 6.45) is 3.59. The molecule has 2 fully saturated rings. The highest BCUT2D eigenvalue weighted by Gasteiger charge is 2.31. The Labute approximate surface area is 98.7 Å². The molecule has 0 aromatic heterocycles. The van der Waals surface area contributed by atoms with E-state index in [1.807, 2.05) is 0 Å². The predicted molar refractivity (Wildman–Crippen MR) is 65.5 cm³/mol. The van der Waals surface area contributed by atoms with Crippen molar-refractivity contribution in [3.8, 4) is 0 Å². The average Bonchev–Trinajstić information content (AvgIpc) is 2.29. The molecule has 2 N–H and O–H groups in total. The van der Waals surface area contributed by atoms with Gasteiger partial charge in [0.05, 0.1) is 6.61 Å². The molecule has 2 heterocycles. The predicted octanol–water partition coefficient (Wildman–Crippen LogP) is 0.129. The van der Waals surface area contributed by atoms with Crippen LogP contribution in [-0.4, -0.2) is 68.3 Å². The van der Waals surface area contributed by atoms with Crippen LogP contribution in [-0.2, 0) is 4.74 Å². The fourth-order valence-corrected chi connectivity index (χ4v) is 2.90. The first-order valence-electron chi connectivity index (χ1n) is 6.42. The monoisotopic (exact) mass is 227 g/mol. The summed E-state index contributed by atoms with van der Waals surface area (Å²) in [5.41, 5.74) is 6.19. The van der Waals surface area contributed by atoms with E-state index in [0.717, 1.165) is 19.6 Å². The number of hydrogen-bond acceptors (Lipinski definition) is 4. The van der Waals surface area contributed by atoms with Crippen molar-refractivity contribution in [2.75, 3.05) is 40.4 Å². The van der Waals surface area contributed by atoms with Gasteiger partial charge in [-0.25, -0.2) is 0 Å². The van der Waals surface area contributed by atoms with Gasteiger partial charge in [0.2, 0.25) is 0 Å². The Bertz CT molecular complexity index is 224. The molecule has 3 unspecified atom stereocenters. The summed E-state index contributed by atoms with van der Waals surface area (Å²) in [6, 6.07) is 1.34. The van der Waals surface area contributed by atoms with Crippen LogP contribution in [0.1, 0.15) is 19.3 Å². The van der Waals surface area contributed by atoms with E-state index in [1.165, 1.54) is 25.9 Å². The van der Waals surface area contributed by atoms with Crippen LogP contribution in [0, 0.1) is 0 Å². The zero-order valence-corrected chi connectivity index (χ0v) is 10.6. The standard InChI is InChI=1S/C12H25N3O/c1-14-6-3-4-10(8-14)15(2)12-9-16-7-5-11(12)13/h10-12H,3-9,13H2,1-2H3. The highest BCUT2D eigenvalue weighted by Crippen LogP contribution is 2.19. The highest BCUT2D eigenvalue weighted by atomic mass is 16.5. The Morgan fingerprint density at radius 1 is 1.38 bits per heavy atom. The van der Waals surface area contributed by atoms with Gasteiger partial charge in [0.25, 0.3) is 0 Å². The summed E-state index contributed by atoms with van der Waals surface area (Å²) in [5, 5.41) is 0. The molecule has 0 amide bonds. The van der Waals surface area contributed by atoms with E-state index in [9.17, 15) is 0 Å². The molecule has 0 aromatic carbocycles. The first-order chi connectivity index (χ1) is 7.68. The van der Waals surface area contributed by atoms with Gasteiger partial charge in [0.1, 0.15) is 0 Å². The molecule has 16 heavy (non-hydrogen) atoms. The third-order valence-corrected chi connectivity index (χ3v) is 4.08. The lowest BCUT2D eigenvalue weighted by molar-refractivity contribution is -0.0114. The summed E-state index contributed by atoms with van der Waals surface area (Å²) in [6.45, 7) is 4.03. The normalized spacial score (nSPS) is 37.9. The molecule has 3 atom stereocenters. The van der Waals surface area contributed by atoms with Crippen LogP contribution in [0.25, 0.3) is 0 Å². The molecular formula is C12H25N3O. The summed E-state index contributed by atoms with van der Waals surface area (Å²) in [5.74, 6) is 0. The Hall–Kier alpha value is -0.160. The molecule has 2 rings (SSSR count). The number of piperidine rings is 1. The number of nitrogens with zero attached hydrogens (tertiary/aromatic N) is 2. The van der Waals surface area contributed by atoms with Crippen molar-refractivity contribution in [1.29, 1.82) is 0 Å². The first kappa shape index (κ1) is 12.3. The minimum atomic E-state index is 0.283. The zero-order chi connectivity index (χ0) is 11.5. The largest absolute Gasteiger partial charge is 0.380 e.